The number of esters is 1. The third-order valence-electron chi connectivity index (χ3n) is 17.4. The van der Waals surface area contributed by atoms with Gasteiger partial charge in [0.2, 0.25) is 5.91 Å². The molecule has 484 valence electrons. The fourth-order valence-corrected chi connectivity index (χ4v) is 11.7. The van der Waals surface area contributed by atoms with Crippen LogP contribution >= 0.6 is 0 Å². The lowest BCUT2D eigenvalue weighted by atomic mass is 10.0. The molecule has 0 aliphatic carbocycles. The Morgan fingerprint density at radius 2 is 0.610 bits per heavy atom. The highest BCUT2D eigenvalue weighted by atomic mass is 16.5. The van der Waals surface area contributed by atoms with Crippen molar-refractivity contribution < 1.29 is 24.5 Å². The minimum Gasteiger partial charge on any atom is -0.466 e. The quantitative estimate of drug-likeness (QED) is 0.0320. The van der Waals surface area contributed by atoms with E-state index in [0.717, 1.165) is 44.9 Å². The summed E-state index contributed by atoms with van der Waals surface area (Å²) in [6.45, 7) is 4.94. The van der Waals surface area contributed by atoms with Crippen LogP contribution in [-0.2, 0) is 14.3 Å². The molecule has 2 unspecified atom stereocenters. The number of carbonyl (C=O) groups is 2. The Balaban J connectivity index is 3.39. The van der Waals surface area contributed by atoms with Crippen molar-refractivity contribution in [2.75, 3.05) is 13.2 Å². The number of aliphatic hydroxyl groups excluding tert-OH is 2. The second kappa shape index (κ2) is 71.6. The lowest BCUT2D eigenvalue weighted by Crippen LogP contribution is -2.45. The molecule has 2 atom stereocenters. The molecule has 0 fully saturated rings. The number of rotatable bonds is 70. The van der Waals surface area contributed by atoms with Crippen LogP contribution in [0.1, 0.15) is 412 Å². The molecule has 0 heterocycles. The fraction of sp³-hybridized carbons (Fsp3) is 0.895. The predicted octanol–water partition coefficient (Wildman–Crippen LogP) is 24.3. The maximum Gasteiger partial charge on any atom is 0.305 e. The first-order valence-corrected chi connectivity index (χ1v) is 37.3. The van der Waals surface area contributed by atoms with Crippen molar-refractivity contribution in [3.63, 3.8) is 0 Å². The van der Waals surface area contributed by atoms with Gasteiger partial charge in [0, 0.05) is 12.8 Å². The first-order chi connectivity index (χ1) is 40.5. The van der Waals surface area contributed by atoms with Crippen LogP contribution in [0.25, 0.3) is 0 Å². The molecule has 1 amide bonds. The molecule has 0 radical (unpaired) electrons. The number of ether oxygens (including phenoxy) is 1. The van der Waals surface area contributed by atoms with Gasteiger partial charge >= 0.3 is 5.97 Å². The van der Waals surface area contributed by atoms with Gasteiger partial charge in [0.25, 0.3) is 0 Å². The molecule has 0 aromatic heterocycles. The second-order valence-corrected chi connectivity index (χ2v) is 25.6. The van der Waals surface area contributed by atoms with Gasteiger partial charge < -0.3 is 20.3 Å². The molecule has 82 heavy (non-hydrogen) atoms. The van der Waals surface area contributed by atoms with E-state index in [9.17, 15) is 19.8 Å². The van der Waals surface area contributed by atoms with Gasteiger partial charge in [-0.15, -0.1) is 0 Å². The number of nitrogens with one attached hydrogen (secondary N) is 1. The number of hydrogen-bond donors (Lipinski definition) is 3. The summed E-state index contributed by atoms with van der Waals surface area (Å²) >= 11 is 0. The van der Waals surface area contributed by atoms with Crippen LogP contribution in [0.5, 0.6) is 0 Å². The van der Waals surface area contributed by atoms with Crippen LogP contribution in [0, 0.1) is 0 Å². The van der Waals surface area contributed by atoms with Gasteiger partial charge in [-0.1, -0.05) is 371 Å². The number of amides is 1. The maximum absolute atomic E-state index is 12.5. The van der Waals surface area contributed by atoms with Crippen molar-refractivity contribution in [2.24, 2.45) is 0 Å². The zero-order chi connectivity index (χ0) is 59.2. The van der Waals surface area contributed by atoms with Crippen molar-refractivity contribution in [1.29, 1.82) is 0 Å². The van der Waals surface area contributed by atoms with Gasteiger partial charge in [-0.25, -0.2) is 0 Å². The third-order valence-corrected chi connectivity index (χ3v) is 17.4. The first-order valence-electron chi connectivity index (χ1n) is 37.3. The van der Waals surface area contributed by atoms with Crippen molar-refractivity contribution in [2.45, 2.75) is 424 Å². The zero-order valence-electron chi connectivity index (χ0n) is 55.5. The molecule has 0 aromatic rings. The molecule has 0 bridgehead atoms. The number of allylic oxidation sites excluding steroid dienone is 5. The van der Waals surface area contributed by atoms with Crippen LogP contribution in [0.15, 0.2) is 36.5 Å². The summed E-state index contributed by atoms with van der Waals surface area (Å²) in [7, 11) is 0. The zero-order valence-corrected chi connectivity index (χ0v) is 55.5. The van der Waals surface area contributed by atoms with E-state index in [0.29, 0.717) is 19.4 Å². The lowest BCUT2D eigenvalue weighted by molar-refractivity contribution is -0.143. The van der Waals surface area contributed by atoms with Crippen LogP contribution in [0.4, 0.5) is 0 Å². The second-order valence-electron chi connectivity index (χ2n) is 25.6. The minimum absolute atomic E-state index is 0.0179. The predicted molar refractivity (Wildman–Crippen MR) is 361 cm³/mol. The average Bonchev–Trinajstić information content (AvgIpc) is 3.48. The largest absolute Gasteiger partial charge is 0.466 e. The fourth-order valence-electron chi connectivity index (χ4n) is 11.7. The summed E-state index contributed by atoms with van der Waals surface area (Å²) in [5.41, 5.74) is 0. The van der Waals surface area contributed by atoms with Gasteiger partial charge in [0.1, 0.15) is 0 Å². The number of aliphatic hydroxyl groups is 2. The minimum atomic E-state index is -0.844. The first kappa shape index (κ1) is 80.1. The molecule has 0 aliphatic heterocycles. The normalized spacial score (nSPS) is 12.7. The Kier molecular flexibility index (Phi) is 69.9. The summed E-state index contributed by atoms with van der Waals surface area (Å²) in [6.07, 6.45) is 92.4. The summed E-state index contributed by atoms with van der Waals surface area (Å²) in [5, 5.41) is 23.2. The highest BCUT2D eigenvalue weighted by Crippen LogP contribution is 2.19. The standard InChI is InChI=1S/C76H145NO5/c1-3-5-7-9-11-13-15-17-19-21-38-42-46-50-54-58-62-66-70-76(81)82-71-67-63-59-55-51-47-43-39-36-34-32-30-28-26-24-22-23-25-27-29-31-33-35-37-41-45-49-53-57-61-65-69-75(80)77-73(72-78)74(79)68-64-60-56-52-48-44-40-20-18-16-14-12-10-8-6-4-2/h24,26,30,32,64,68,73-74,78-79H,3-23,25,27-29,31,33-63,65-67,69-72H2,1-2H3,(H,77,80)/b26-24-,32-30-,68-64+. The van der Waals surface area contributed by atoms with Gasteiger partial charge in [0.15, 0.2) is 0 Å². The van der Waals surface area contributed by atoms with E-state index in [1.54, 1.807) is 6.08 Å². The van der Waals surface area contributed by atoms with E-state index in [2.05, 4.69) is 43.5 Å². The Morgan fingerprint density at radius 1 is 0.341 bits per heavy atom. The molecule has 6 nitrogen and oxygen atoms in total. The molecule has 0 saturated carbocycles. The van der Waals surface area contributed by atoms with E-state index < -0.39 is 12.1 Å². The Hall–Kier alpha value is -1.92. The van der Waals surface area contributed by atoms with E-state index in [4.69, 9.17) is 4.74 Å². The molecule has 0 aromatic carbocycles. The van der Waals surface area contributed by atoms with Crippen molar-refractivity contribution in [3.05, 3.63) is 36.5 Å². The molecule has 0 spiro atoms. The van der Waals surface area contributed by atoms with Crippen LogP contribution in [0.2, 0.25) is 0 Å². The summed E-state index contributed by atoms with van der Waals surface area (Å²) < 4.78 is 5.51. The van der Waals surface area contributed by atoms with Gasteiger partial charge in [0.05, 0.1) is 25.4 Å². The molecular formula is C76H145NO5. The molecule has 0 saturated heterocycles. The number of unbranched alkanes of at least 4 members (excludes halogenated alkanes) is 55. The van der Waals surface area contributed by atoms with Crippen LogP contribution in [-0.4, -0.2) is 47.4 Å². The summed E-state index contributed by atoms with van der Waals surface area (Å²) in [6, 6.07) is -0.628. The van der Waals surface area contributed by atoms with E-state index in [1.165, 1.54) is 340 Å². The van der Waals surface area contributed by atoms with E-state index in [1.807, 2.05) is 6.08 Å². The third kappa shape index (κ3) is 67.2. The highest BCUT2D eigenvalue weighted by Gasteiger charge is 2.18. The smallest absolute Gasteiger partial charge is 0.305 e. The summed E-state index contributed by atoms with van der Waals surface area (Å²) in [4.78, 5) is 24.6. The Morgan fingerprint density at radius 3 is 0.927 bits per heavy atom. The Bertz CT molecular complexity index is 1330. The Labute approximate surface area is 513 Å². The van der Waals surface area contributed by atoms with Crippen LogP contribution < -0.4 is 5.32 Å². The molecule has 0 rings (SSSR count). The molecular weight excluding hydrogens is 1010 g/mol. The van der Waals surface area contributed by atoms with Crippen molar-refractivity contribution in [1.82, 2.24) is 5.32 Å². The SMILES string of the molecule is CCCCCCCCCCCCCCCC/C=C/C(O)C(CO)NC(=O)CCCCCCCCCCCCCCCCC/C=C\C/C=C\CCCCCCCCCCCOC(=O)CCCCCCCCCCCCCCCCCCCC. The van der Waals surface area contributed by atoms with Crippen molar-refractivity contribution >= 4 is 11.9 Å². The average molecular weight is 1150 g/mol. The summed E-state index contributed by atoms with van der Waals surface area (Å²) in [5.74, 6) is -0.0468. The number of carbonyl (C=O) groups excluding carboxylic acids is 2. The van der Waals surface area contributed by atoms with Gasteiger partial charge in [-0.05, 0) is 64.2 Å². The molecule has 6 heteroatoms. The highest BCUT2D eigenvalue weighted by molar-refractivity contribution is 5.76. The van der Waals surface area contributed by atoms with E-state index in [-0.39, 0.29) is 18.5 Å². The molecule has 0 aliphatic rings. The topological polar surface area (TPSA) is 95.9 Å². The van der Waals surface area contributed by atoms with Crippen LogP contribution in [0.3, 0.4) is 0 Å². The lowest BCUT2D eigenvalue weighted by Gasteiger charge is -2.20. The van der Waals surface area contributed by atoms with Crippen molar-refractivity contribution in [3.8, 4) is 0 Å². The molecule has 3 N–H and O–H groups in total. The monoisotopic (exact) mass is 1150 g/mol. The number of hydrogen-bond acceptors (Lipinski definition) is 5. The van der Waals surface area contributed by atoms with Gasteiger partial charge in [-0.2, -0.15) is 0 Å². The maximum atomic E-state index is 12.5. The van der Waals surface area contributed by atoms with Gasteiger partial charge in [-0.3, -0.25) is 9.59 Å². The van der Waals surface area contributed by atoms with E-state index >= 15 is 0 Å².